The highest BCUT2D eigenvalue weighted by atomic mass is 16.6. The molecular weight excluding hydrogens is 380 g/mol. The van der Waals surface area contributed by atoms with E-state index >= 15 is 0 Å². The molecule has 5 rings (SSSR count). The molecule has 7 heteroatoms. The molecule has 0 fully saturated rings. The lowest BCUT2D eigenvalue weighted by atomic mass is 9.94. The summed E-state index contributed by atoms with van der Waals surface area (Å²) in [5.74, 6) is 0.341. The number of rotatable bonds is 5. The van der Waals surface area contributed by atoms with Gasteiger partial charge in [-0.25, -0.2) is 9.78 Å². The molecule has 0 saturated carbocycles. The van der Waals surface area contributed by atoms with Crippen LogP contribution in [-0.2, 0) is 14.3 Å². The van der Waals surface area contributed by atoms with E-state index in [9.17, 15) is 4.79 Å². The summed E-state index contributed by atoms with van der Waals surface area (Å²) in [4.78, 5) is 21.3. The van der Waals surface area contributed by atoms with E-state index in [-0.39, 0.29) is 18.6 Å². The molecule has 1 aliphatic rings. The van der Waals surface area contributed by atoms with E-state index in [1.54, 1.807) is 7.11 Å². The van der Waals surface area contributed by atoms with Crippen molar-refractivity contribution < 1.29 is 14.3 Å². The molecule has 0 unspecified atom stereocenters. The number of para-hydroxylation sites is 3. The van der Waals surface area contributed by atoms with Gasteiger partial charge in [0.25, 0.3) is 0 Å². The molecule has 3 heterocycles. The van der Waals surface area contributed by atoms with Gasteiger partial charge in [0, 0.05) is 35.5 Å². The van der Waals surface area contributed by atoms with Gasteiger partial charge < -0.3 is 19.8 Å². The molecule has 2 aromatic carbocycles. The van der Waals surface area contributed by atoms with Crippen molar-refractivity contribution >= 4 is 33.9 Å². The summed E-state index contributed by atoms with van der Waals surface area (Å²) in [7, 11) is 1.58. The molecule has 0 radical (unpaired) electrons. The third kappa shape index (κ3) is 2.86. The highest BCUT2D eigenvalue weighted by molar-refractivity contribution is 5.96. The van der Waals surface area contributed by atoms with E-state index in [2.05, 4.69) is 20.9 Å². The highest BCUT2D eigenvalue weighted by Crippen LogP contribution is 2.41. The van der Waals surface area contributed by atoms with E-state index < -0.39 is 0 Å². The van der Waals surface area contributed by atoms with Gasteiger partial charge in [0.2, 0.25) is 5.95 Å². The molecular formula is C23H22N4O3. The van der Waals surface area contributed by atoms with E-state index in [0.717, 1.165) is 33.2 Å². The molecule has 0 saturated heterocycles. The Morgan fingerprint density at radius 1 is 1.13 bits per heavy atom. The number of nitrogens with one attached hydrogen (secondary N) is 2. The topological polar surface area (TPSA) is 81.2 Å². The van der Waals surface area contributed by atoms with Crippen molar-refractivity contribution in [1.82, 2.24) is 14.5 Å². The molecule has 0 spiro atoms. The Morgan fingerprint density at radius 3 is 2.80 bits per heavy atom. The first-order valence-corrected chi connectivity index (χ1v) is 9.86. The fourth-order valence-corrected chi connectivity index (χ4v) is 4.14. The number of aromatic nitrogens is 3. The average molecular weight is 402 g/mol. The van der Waals surface area contributed by atoms with Crippen LogP contribution in [-0.4, -0.2) is 40.8 Å². The summed E-state index contributed by atoms with van der Waals surface area (Å²) in [5.41, 5.74) is 5.12. The fraction of sp³-hybridized carbons (Fsp3) is 0.217. The van der Waals surface area contributed by atoms with Crippen LogP contribution in [0.3, 0.4) is 0 Å². The van der Waals surface area contributed by atoms with Crippen LogP contribution in [0.2, 0.25) is 0 Å². The summed E-state index contributed by atoms with van der Waals surface area (Å²) in [6.07, 6.45) is 1.97. The van der Waals surface area contributed by atoms with Crippen molar-refractivity contribution in [3.8, 4) is 0 Å². The number of benzene rings is 2. The van der Waals surface area contributed by atoms with Crippen LogP contribution in [0.1, 0.15) is 18.5 Å². The number of allylic oxidation sites excluding steroid dienone is 1. The Balaban J connectivity index is 1.72. The van der Waals surface area contributed by atoms with Crippen molar-refractivity contribution in [3.63, 3.8) is 0 Å². The number of imidazole rings is 1. The van der Waals surface area contributed by atoms with Crippen LogP contribution in [0.15, 0.2) is 66.0 Å². The molecule has 4 aromatic rings. The number of fused-ring (bicyclic) bond motifs is 4. The van der Waals surface area contributed by atoms with Gasteiger partial charge >= 0.3 is 5.97 Å². The molecule has 7 nitrogen and oxygen atoms in total. The van der Waals surface area contributed by atoms with Crippen LogP contribution in [0, 0.1) is 0 Å². The molecule has 152 valence electrons. The molecule has 1 aliphatic heterocycles. The number of aromatic amines is 1. The third-order valence-corrected chi connectivity index (χ3v) is 5.49. The Bertz CT molecular complexity index is 1280. The molecule has 1 atom stereocenters. The van der Waals surface area contributed by atoms with Crippen LogP contribution >= 0.6 is 0 Å². The Morgan fingerprint density at radius 2 is 1.93 bits per heavy atom. The predicted molar refractivity (Wildman–Crippen MR) is 115 cm³/mol. The maximum Gasteiger partial charge on any atom is 0.338 e. The summed E-state index contributed by atoms with van der Waals surface area (Å²) in [5, 5.41) is 4.36. The smallest absolute Gasteiger partial charge is 0.338 e. The average Bonchev–Trinajstić information content (AvgIpc) is 3.34. The number of nitrogens with zero attached hydrogens (tertiary/aromatic N) is 2. The minimum atomic E-state index is -0.375. The SMILES string of the molecule is COCCOC(=O)C1=C(C)Nc2nc3ccccc3n2[C@@H]1c1c[nH]c2ccccc12. The van der Waals surface area contributed by atoms with Crippen molar-refractivity contribution in [2.24, 2.45) is 0 Å². The summed E-state index contributed by atoms with van der Waals surface area (Å²) >= 11 is 0. The molecule has 2 N–H and O–H groups in total. The maximum absolute atomic E-state index is 13.2. The minimum absolute atomic E-state index is 0.199. The second kappa shape index (κ2) is 7.35. The maximum atomic E-state index is 13.2. The Labute approximate surface area is 173 Å². The number of ether oxygens (including phenoxy) is 2. The van der Waals surface area contributed by atoms with Crippen molar-refractivity contribution in [3.05, 3.63) is 71.6 Å². The fourth-order valence-electron chi connectivity index (χ4n) is 4.14. The number of esters is 1. The van der Waals surface area contributed by atoms with Crippen molar-refractivity contribution in [2.75, 3.05) is 25.6 Å². The van der Waals surface area contributed by atoms with Crippen LogP contribution in [0.25, 0.3) is 21.9 Å². The normalized spacial score (nSPS) is 16.0. The van der Waals surface area contributed by atoms with Gasteiger partial charge in [-0.15, -0.1) is 0 Å². The van der Waals surface area contributed by atoms with Gasteiger partial charge in [-0.05, 0) is 25.1 Å². The van der Waals surface area contributed by atoms with E-state index in [4.69, 9.17) is 14.5 Å². The first kappa shape index (κ1) is 18.4. The zero-order valence-corrected chi connectivity index (χ0v) is 16.8. The Hall–Kier alpha value is -3.58. The van der Waals surface area contributed by atoms with Gasteiger partial charge in [-0.2, -0.15) is 0 Å². The standard InChI is InChI=1S/C23H22N4O3/c1-14-20(22(28)30-12-11-29-2)21(16-13-24-17-8-4-3-7-15(16)17)27-19-10-6-5-9-18(19)26-23(27)25-14/h3-10,13,21,24H,11-12H2,1-2H3,(H,25,26)/t21-/m1/s1. The number of methoxy groups -OCH3 is 1. The largest absolute Gasteiger partial charge is 0.460 e. The first-order valence-electron chi connectivity index (χ1n) is 9.86. The first-order chi connectivity index (χ1) is 14.7. The molecule has 2 aromatic heterocycles. The van der Waals surface area contributed by atoms with E-state index in [1.165, 1.54) is 0 Å². The second-order valence-electron chi connectivity index (χ2n) is 7.28. The van der Waals surface area contributed by atoms with Crippen molar-refractivity contribution in [2.45, 2.75) is 13.0 Å². The number of carbonyl (C=O) groups excluding carboxylic acids is 1. The lowest BCUT2D eigenvalue weighted by Crippen LogP contribution is -2.29. The van der Waals surface area contributed by atoms with Crippen LogP contribution < -0.4 is 5.32 Å². The van der Waals surface area contributed by atoms with Gasteiger partial charge in [-0.1, -0.05) is 30.3 Å². The molecule has 0 bridgehead atoms. The number of hydrogen-bond acceptors (Lipinski definition) is 5. The number of anilines is 1. The zero-order chi connectivity index (χ0) is 20.7. The lowest BCUT2D eigenvalue weighted by molar-refractivity contribution is -0.140. The number of carbonyl (C=O) groups is 1. The minimum Gasteiger partial charge on any atom is -0.460 e. The number of H-pyrrole nitrogens is 1. The molecule has 30 heavy (non-hydrogen) atoms. The van der Waals surface area contributed by atoms with Gasteiger partial charge in [-0.3, -0.25) is 4.57 Å². The highest BCUT2D eigenvalue weighted by Gasteiger charge is 2.36. The van der Waals surface area contributed by atoms with Gasteiger partial charge in [0.05, 0.1) is 29.3 Å². The quantitative estimate of drug-likeness (QED) is 0.390. The summed E-state index contributed by atoms with van der Waals surface area (Å²) in [6, 6.07) is 15.6. The predicted octanol–water partition coefficient (Wildman–Crippen LogP) is 4.00. The molecule has 0 amide bonds. The van der Waals surface area contributed by atoms with Gasteiger partial charge in [0.15, 0.2) is 0 Å². The molecule has 0 aliphatic carbocycles. The monoisotopic (exact) mass is 402 g/mol. The zero-order valence-electron chi connectivity index (χ0n) is 16.8. The lowest BCUT2D eigenvalue weighted by Gasteiger charge is -2.29. The van der Waals surface area contributed by atoms with Crippen molar-refractivity contribution in [1.29, 1.82) is 0 Å². The van der Waals surface area contributed by atoms with Crippen LogP contribution in [0.4, 0.5) is 5.95 Å². The Kier molecular flexibility index (Phi) is 4.52. The van der Waals surface area contributed by atoms with Gasteiger partial charge in [0.1, 0.15) is 6.61 Å². The van der Waals surface area contributed by atoms with E-state index in [1.807, 2.05) is 55.6 Å². The third-order valence-electron chi connectivity index (χ3n) is 5.49. The summed E-state index contributed by atoms with van der Waals surface area (Å²) in [6.45, 7) is 2.43. The second-order valence-corrected chi connectivity index (χ2v) is 7.28. The summed E-state index contributed by atoms with van der Waals surface area (Å²) < 4.78 is 12.6. The number of hydrogen-bond donors (Lipinski definition) is 2. The van der Waals surface area contributed by atoms with E-state index in [0.29, 0.717) is 18.1 Å². The van der Waals surface area contributed by atoms with Crippen LogP contribution in [0.5, 0.6) is 0 Å².